The molecule has 4 aliphatic carbocycles. The quantitative estimate of drug-likeness (QED) is 0.614. The van der Waals surface area contributed by atoms with Gasteiger partial charge in [0.05, 0.1) is 12.0 Å². The van der Waals surface area contributed by atoms with Gasteiger partial charge in [-0.1, -0.05) is 30.7 Å². The monoisotopic (exact) mass is 307 g/mol. The lowest BCUT2D eigenvalue weighted by Gasteiger charge is -2.51. The predicted molar refractivity (Wildman–Crippen MR) is 90.2 cm³/mol. The van der Waals surface area contributed by atoms with Gasteiger partial charge in [-0.05, 0) is 73.3 Å². The van der Waals surface area contributed by atoms with E-state index in [1.54, 1.807) is 0 Å². The molecular formula is C21H25NO. The van der Waals surface area contributed by atoms with Gasteiger partial charge in [0.1, 0.15) is 0 Å². The van der Waals surface area contributed by atoms with E-state index in [1.807, 2.05) is 6.08 Å². The lowest BCUT2D eigenvalue weighted by molar-refractivity contribution is -0.115. The van der Waals surface area contributed by atoms with Crippen molar-refractivity contribution < 1.29 is 4.79 Å². The highest BCUT2D eigenvalue weighted by atomic mass is 16.1. The maximum Gasteiger partial charge on any atom is 0.155 e. The van der Waals surface area contributed by atoms with Gasteiger partial charge >= 0.3 is 0 Å². The summed E-state index contributed by atoms with van der Waals surface area (Å²) < 4.78 is 0. The number of nitrogens with zero attached hydrogens (tertiary/aromatic N) is 1. The Labute approximate surface area is 139 Å². The van der Waals surface area contributed by atoms with Crippen LogP contribution in [0.25, 0.3) is 0 Å². The Bertz CT molecular complexity index is 676. The Kier molecular flexibility index (Phi) is 3.38. The van der Waals surface area contributed by atoms with Gasteiger partial charge in [-0.3, -0.25) is 4.79 Å². The van der Waals surface area contributed by atoms with E-state index in [-0.39, 0.29) is 11.3 Å². The number of carbonyl (C=O) groups excluding carboxylic acids is 1. The molecule has 2 fully saturated rings. The van der Waals surface area contributed by atoms with Crippen molar-refractivity contribution in [2.45, 2.75) is 46.0 Å². The van der Waals surface area contributed by atoms with Crippen molar-refractivity contribution in [2.24, 2.45) is 35.0 Å². The first-order valence-corrected chi connectivity index (χ1v) is 9.06. The fourth-order valence-corrected chi connectivity index (χ4v) is 6.06. The van der Waals surface area contributed by atoms with Crippen LogP contribution in [0.15, 0.2) is 35.5 Å². The fourth-order valence-electron chi connectivity index (χ4n) is 6.06. The zero-order chi connectivity index (χ0) is 16.2. The summed E-state index contributed by atoms with van der Waals surface area (Å²) in [5, 5.41) is 9.73. The summed E-state index contributed by atoms with van der Waals surface area (Å²) in [6.45, 7) is 4.43. The number of ketones is 1. The number of nitriles is 1. The summed E-state index contributed by atoms with van der Waals surface area (Å²) >= 11 is 0. The molecule has 2 saturated carbocycles. The van der Waals surface area contributed by atoms with Crippen LogP contribution in [0.2, 0.25) is 0 Å². The van der Waals surface area contributed by atoms with E-state index < -0.39 is 0 Å². The van der Waals surface area contributed by atoms with Crippen LogP contribution in [0.1, 0.15) is 46.0 Å². The van der Waals surface area contributed by atoms with Crippen molar-refractivity contribution in [1.82, 2.24) is 0 Å². The Morgan fingerprint density at radius 2 is 2.22 bits per heavy atom. The number of fused-ring (bicyclic) bond motifs is 5. The van der Waals surface area contributed by atoms with E-state index >= 15 is 0 Å². The molecule has 0 aliphatic heterocycles. The number of hydrogen-bond donors (Lipinski definition) is 0. The third-order valence-corrected chi connectivity index (χ3v) is 7.29. The third kappa shape index (κ3) is 2.02. The molecule has 0 bridgehead atoms. The number of hydrogen-bond acceptors (Lipinski definition) is 2. The van der Waals surface area contributed by atoms with E-state index in [1.165, 1.54) is 17.6 Å². The van der Waals surface area contributed by atoms with Crippen molar-refractivity contribution in [3.8, 4) is 6.07 Å². The molecule has 0 spiro atoms. The Morgan fingerprint density at radius 1 is 1.39 bits per heavy atom. The molecular weight excluding hydrogens is 282 g/mol. The van der Waals surface area contributed by atoms with E-state index in [0.717, 1.165) is 19.3 Å². The summed E-state index contributed by atoms with van der Waals surface area (Å²) in [6.07, 6.45) is 13.9. The normalized spacial score (nSPS) is 46.7. The average molecular weight is 307 g/mol. The van der Waals surface area contributed by atoms with Crippen LogP contribution in [-0.2, 0) is 4.79 Å². The molecule has 23 heavy (non-hydrogen) atoms. The van der Waals surface area contributed by atoms with Crippen LogP contribution >= 0.6 is 0 Å². The first-order chi connectivity index (χ1) is 11.1. The maximum absolute atomic E-state index is 11.7. The maximum atomic E-state index is 11.7. The summed E-state index contributed by atoms with van der Waals surface area (Å²) in [5.74, 6) is 2.80. The summed E-state index contributed by atoms with van der Waals surface area (Å²) in [6, 6.07) is 2.61. The topological polar surface area (TPSA) is 40.9 Å². The second kappa shape index (κ2) is 5.20. The lowest BCUT2D eigenvalue weighted by Crippen LogP contribution is -2.44. The Balaban J connectivity index is 1.72. The van der Waals surface area contributed by atoms with Crippen LogP contribution in [0.4, 0.5) is 0 Å². The van der Waals surface area contributed by atoms with Crippen molar-refractivity contribution in [2.75, 3.05) is 0 Å². The van der Waals surface area contributed by atoms with E-state index in [9.17, 15) is 10.1 Å². The van der Waals surface area contributed by atoms with Gasteiger partial charge < -0.3 is 0 Å². The molecule has 2 heteroatoms. The van der Waals surface area contributed by atoms with E-state index in [4.69, 9.17) is 0 Å². The van der Waals surface area contributed by atoms with Crippen molar-refractivity contribution in [3.63, 3.8) is 0 Å². The molecule has 0 aromatic rings. The average Bonchev–Trinajstić information content (AvgIpc) is 2.85. The summed E-state index contributed by atoms with van der Waals surface area (Å²) in [4.78, 5) is 11.7. The second-order valence-corrected chi connectivity index (χ2v) is 8.14. The highest BCUT2D eigenvalue weighted by Gasteiger charge is 2.57. The number of rotatable bonds is 0. The Hall–Kier alpha value is -1.62. The molecule has 0 amide bonds. The second-order valence-electron chi connectivity index (χ2n) is 8.14. The molecule has 2 nitrogen and oxygen atoms in total. The molecule has 6 atom stereocenters. The lowest BCUT2D eigenvalue weighted by atomic mass is 9.53. The Morgan fingerprint density at radius 3 is 2.96 bits per heavy atom. The summed E-state index contributed by atoms with van der Waals surface area (Å²) in [7, 11) is 0. The first kappa shape index (κ1) is 14.9. The first-order valence-electron chi connectivity index (χ1n) is 9.06. The molecule has 0 saturated heterocycles. The third-order valence-electron chi connectivity index (χ3n) is 7.29. The van der Waals surface area contributed by atoms with Crippen LogP contribution in [0, 0.1) is 46.3 Å². The predicted octanol–water partition coefficient (Wildman–Crippen LogP) is 4.60. The smallest absolute Gasteiger partial charge is 0.155 e. The van der Waals surface area contributed by atoms with Crippen LogP contribution < -0.4 is 0 Å². The zero-order valence-corrected chi connectivity index (χ0v) is 14.1. The van der Waals surface area contributed by atoms with Crippen LogP contribution in [-0.4, -0.2) is 5.78 Å². The molecule has 0 aromatic heterocycles. The van der Waals surface area contributed by atoms with Gasteiger partial charge in [-0.2, -0.15) is 5.26 Å². The van der Waals surface area contributed by atoms with Crippen molar-refractivity contribution in [1.29, 1.82) is 5.26 Å². The van der Waals surface area contributed by atoms with Crippen LogP contribution in [0.5, 0.6) is 0 Å². The minimum Gasteiger partial charge on any atom is -0.295 e. The number of carbonyl (C=O) groups is 1. The minimum absolute atomic E-state index is 0.0942. The van der Waals surface area contributed by atoms with Crippen LogP contribution in [0.3, 0.4) is 0 Å². The zero-order valence-electron chi connectivity index (χ0n) is 14.1. The highest BCUT2D eigenvalue weighted by molar-refractivity contribution is 5.91. The van der Waals surface area contributed by atoms with E-state index in [2.05, 4.69) is 38.1 Å². The number of allylic oxidation sites excluding steroid dienone is 6. The molecule has 0 aromatic carbocycles. The van der Waals surface area contributed by atoms with E-state index in [0.29, 0.717) is 35.9 Å². The molecule has 4 aliphatic rings. The fraction of sp³-hybridized carbons (Fsp3) is 0.619. The standard InChI is InChI=1S/C21H25NO/c1-3-13-11-19-18-6-4-14-10-15(23)5-7-16(14)17(18)8-9-21(19,2)20(13)12-22/h3-4,6,10,16-20H,5,7-9,11H2,1-2H3/t16-,17+,18+,19-,20-,21-/m0/s1. The van der Waals surface area contributed by atoms with Crippen molar-refractivity contribution in [3.05, 3.63) is 35.5 Å². The summed E-state index contributed by atoms with van der Waals surface area (Å²) in [5.41, 5.74) is 2.76. The molecule has 120 valence electrons. The van der Waals surface area contributed by atoms with Gasteiger partial charge in [0.15, 0.2) is 5.78 Å². The van der Waals surface area contributed by atoms with Crippen molar-refractivity contribution >= 4 is 5.78 Å². The molecule has 0 radical (unpaired) electrons. The van der Waals surface area contributed by atoms with Gasteiger partial charge in [-0.15, -0.1) is 0 Å². The molecule has 0 unspecified atom stereocenters. The molecule has 4 rings (SSSR count). The molecule has 0 N–H and O–H groups in total. The molecule has 0 heterocycles. The SMILES string of the molecule is CC=C1C[C@H]2[C@@H]3C=CC4=CC(=O)CC[C@@H]4[C@H]3CC[C@]2(C)[C@H]1C#N. The van der Waals surface area contributed by atoms with Gasteiger partial charge in [0.2, 0.25) is 0 Å². The van der Waals surface area contributed by atoms with Gasteiger partial charge in [0, 0.05) is 6.42 Å². The minimum atomic E-state index is 0.0942. The highest BCUT2D eigenvalue weighted by Crippen LogP contribution is 2.63. The largest absolute Gasteiger partial charge is 0.295 e. The van der Waals surface area contributed by atoms with Gasteiger partial charge in [-0.25, -0.2) is 0 Å². The van der Waals surface area contributed by atoms with Gasteiger partial charge in [0.25, 0.3) is 0 Å².